The fraction of sp³-hybridized carbons (Fsp3) is 0.290. The molecule has 0 aliphatic rings. The molecule has 0 aromatic heterocycles. The number of aryl methyl sites for hydroxylation is 1. The highest BCUT2D eigenvalue weighted by Gasteiger charge is 2.30. The molecule has 3 atom stereocenters. The second-order valence-electron chi connectivity index (χ2n) is 9.92. The molecule has 3 aromatic rings. The molecule has 0 bridgehead atoms. The molecule has 234 valence electrons. The van der Waals surface area contributed by atoms with Gasteiger partial charge in [-0.1, -0.05) is 66.7 Å². The van der Waals surface area contributed by atoms with E-state index in [1.165, 1.54) is 12.4 Å². The molecule has 13 heteroatoms. The van der Waals surface area contributed by atoms with Gasteiger partial charge < -0.3 is 20.7 Å². The first-order valence-electron chi connectivity index (χ1n) is 13.7. The minimum atomic E-state index is -1.76. The lowest BCUT2D eigenvalue weighted by molar-refractivity contribution is -0.136. The molecule has 0 aliphatic carbocycles. The molecule has 0 radical (unpaired) electrons. The van der Waals surface area contributed by atoms with Crippen LogP contribution in [0.5, 0.6) is 0 Å². The third-order valence-corrected chi connectivity index (χ3v) is 6.57. The second-order valence-corrected chi connectivity index (χ2v) is 9.92. The lowest BCUT2D eigenvalue weighted by Crippen LogP contribution is -2.57. The largest absolute Gasteiger partial charge is 0.374 e. The van der Waals surface area contributed by atoms with Crippen LogP contribution in [0, 0.1) is 17.5 Å². The van der Waals surface area contributed by atoms with Crippen molar-refractivity contribution in [1.29, 1.82) is 0 Å². The predicted octanol–water partition coefficient (Wildman–Crippen LogP) is 2.48. The van der Waals surface area contributed by atoms with E-state index in [9.17, 15) is 37.6 Å². The smallest absolute Gasteiger partial charge is 0.266 e. The van der Waals surface area contributed by atoms with Crippen molar-refractivity contribution in [3.63, 3.8) is 0 Å². The van der Waals surface area contributed by atoms with E-state index in [1.54, 1.807) is 18.2 Å². The van der Waals surface area contributed by atoms with Crippen LogP contribution in [0.1, 0.15) is 30.0 Å². The first-order valence-corrected chi connectivity index (χ1v) is 13.7. The van der Waals surface area contributed by atoms with E-state index in [1.807, 2.05) is 42.5 Å². The van der Waals surface area contributed by atoms with E-state index in [2.05, 4.69) is 16.0 Å². The van der Waals surface area contributed by atoms with Gasteiger partial charge in [0.15, 0.2) is 17.5 Å². The molecule has 3 rings (SSSR count). The van der Waals surface area contributed by atoms with Crippen LogP contribution in [0.2, 0.25) is 0 Å². The third kappa shape index (κ3) is 10.2. The van der Waals surface area contributed by atoms with Crippen molar-refractivity contribution in [3.05, 3.63) is 107 Å². The van der Waals surface area contributed by atoms with E-state index in [4.69, 9.17) is 4.74 Å². The first kappa shape index (κ1) is 33.7. The molecule has 0 heterocycles. The van der Waals surface area contributed by atoms with Gasteiger partial charge in [0.25, 0.3) is 5.91 Å². The van der Waals surface area contributed by atoms with Gasteiger partial charge in [-0.05, 0) is 35.6 Å². The average molecular weight is 615 g/mol. The molecule has 0 fully saturated rings. The van der Waals surface area contributed by atoms with Gasteiger partial charge in [-0.15, -0.1) is 0 Å². The SMILES string of the molecule is CC(=O)N[C@@H](COCc1ccccc1)C(=O)N[C@H](CCc1ccccc1)C(=O)N[C@H](Cc1ccc(F)c(F)c1F)C(=O)NO. The summed E-state index contributed by atoms with van der Waals surface area (Å²) in [5, 5.41) is 16.6. The Bertz CT molecular complexity index is 1430. The fourth-order valence-corrected chi connectivity index (χ4v) is 4.30. The number of nitrogens with one attached hydrogen (secondary N) is 4. The average Bonchev–Trinajstić information content (AvgIpc) is 3.02. The zero-order valence-electron chi connectivity index (χ0n) is 23.8. The summed E-state index contributed by atoms with van der Waals surface area (Å²) in [6.45, 7) is 1.14. The number of rotatable bonds is 15. The summed E-state index contributed by atoms with van der Waals surface area (Å²) in [7, 11) is 0. The predicted molar refractivity (Wildman–Crippen MR) is 152 cm³/mol. The van der Waals surface area contributed by atoms with Gasteiger partial charge in [-0.3, -0.25) is 24.4 Å². The van der Waals surface area contributed by atoms with Gasteiger partial charge in [0.2, 0.25) is 17.7 Å². The molecular formula is C31H33F3N4O6. The van der Waals surface area contributed by atoms with Crippen molar-refractivity contribution in [2.24, 2.45) is 0 Å². The maximum Gasteiger partial charge on any atom is 0.266 e. The Kier molecular flexibility index (Phi) is 12.9. The van der Waals surface area contributed by atoms with Gasteiger partial charge in [0, 0.05) is 13.3 Å². The monoisotopic (exact) mass is 614 g/mol. The van der Waals surface area contributed by atoms with Crippen molar-refractivity contribution in [2.75, 3.05) is 6.61 Å². The van der Waals surface area contributed by atoms with Crippen LogP contribution in [0.3, 0.4) is 0 Å². The number of amides is 4. The molecule has 0 spiro atoms. The summed E-state index contributed by atoms with van der Waals surface area (Å²) in [6, 6.07) is 15.6. The van der Waals surface area contributed by atoms with E-state index in [-0.39, 0.29) is 19.6 Å². The molecule has 0 saturated heterocycles. The Morgan fingerprint density at radius 1 is 0.727 bits per heavy atom. The highest BCUT2D eigenvalue weighted by atomic mass is 19.2. The molecule has 5 N–H and O–H groups in total. The number of hydrogen-bond acceptors (Lipinski definition) is 6. The van der Waals surface area contributed by atoms with Crippen LogP contribution in [0.25, 0.3) is 0 Å². The van der Waals surface area contributed by atoms with Crippen molar-refractivity contribution in [2.45, 2.75) is 50.9 Å². The van der Waals surface area contributed by atoms with Crippen LogP contribution in [-0.4, -0.2) is 53.6 Å². The van der Waals surface area contributed by atoms with Crippen molar-refractivity contribution in [3.8, 4) is 0 Å². The van der Waals surface area contributed by atoms with Crippen LogP contribution in [-0.2, 0) is 43.4 Å². The lowest BCUT2D eigenvalue weighted by Gasteiger charge is -2.25. The number of benzene rings is 3. The summed E-state index contributed by atoms with van der Waals surface area (Å²) in [6.07, 6.45) is -0.308. The summed E-state index contributed by atoms with van der Waals surface area (Å²) in [4.78, 5) is 51.0. The number of hydroxylamine groups is 1. The number of carbonyl (C=O) groups excluding carboxylic acids is 4. The normalized spacial score (nSPS) is 12.8. The fourth-order valence-electron chi connectivity index (χ4n) is 4.30. The van der Waals surface area contributed by atoms with Gasteiger partial charge in [-0.25, -0.2) is 18.7 Å². The van der Waals surface area contributed by atoms with Gasteiger partial charge in [0.05, 0.1) is 13.2 Å². The molecular weight excluding hydrogens is 581 g/mol. The summed E-state index contributed by atoms with van der Waals surface area (Å²) >= 11 is 0. The molecule has 4 amide bonds. The van der Waals surface area contributed by atoms with Gasteiger partial charge in [0.1, 0.15) is 18.1 Å². The standard InChI is InChI=1S/C31H33F3N4O6/c1-19(39)35-26(18-44-17-21-10-6-3-7-11-21)30(41)36-24(15-12-20-8-4-2-5-9-20)29(40)37-25(31(42)38-43)16-22-13-14-23(32)28(34)27(22)33/h2-11,13-14,24-26,43H,12,15-18H2,1H3,(H,35,39)(H,36,41)(H,37,40)(H,38,42)/t24-,25-,26+/m1/s1. The Hall–Kier alpha value is -4.75. The summed E-state index contributed by atoms with van der Waals surface area (Å²) in [5.74, 6) is -8.09. The van der Waals surface area contributed by atoms with Crippen molar-refractivity contribution < 1.29 is 42.3 Å². The topological polar surface area (TPSA) is 146 Å². The maximum atomic E-state index is 14.3. The molecule has 10 nitrogen and oxygen atoms in total. The number of carbonyl (C=O) groups is 4. The summed E-state index contributed by atoms with van der Waals surface area (Å²) < 4.78 is 47.2. The van der Waals surface area contributed by atoms with E-state index in [0.717, 1.165) is 17.2 Å². The van der Waals surface area contributed by atoms with Gasteiger partial charge in [-0.2, -0.15) is 0 Å². The second kappa shape index (κ2) is 16.8. The zero-order chi connectivity index (χ0) is 32.1. The van der Waals surface area contributed by atoms with E-state index < -0.39 is 71.2 Å². The van der Waals surface area contributed by atoms with E-state index >= 15 is 0 Å². The molecule has 44 heavy (non-hydrogen) atoms. The highest BCUT2D eigenvalue weighted by molar-refractivity contribution is 5.94. The third-order valence-electron chi connectivity index (χ3n) is 6.57. The minimum absolute atomic E-state index is 0.0340. The van der Waals surface area contributed by atoms with Crippen LogP contribution >= 0.6 is 0 Å². The first-order chi connectivity index (χ1) is 21.1. The quantitative estimate of drug-likeness (QED) is 0.101. The summed E-state index contributed by atoms with van der Waals surface area (Å²) in [5.41, 5.74) is 2.58. The Morgan fingerprint density at radius 3 is 1.93 bits per heavy atom. The Balaban J connectivity index is 1.78. The maximum absolute atomic E-state index is 14.3. The highest BCUT2D eigenvalue weighted by Crippen LogP contribution is 2.17. The van der Waals surface area contributed by atoms with Crippen molar-refractivity contribution >= 4 is 23.6 Å². The number of halogens is 3. The Morgan fingerprint density at radius 2 is 1.32 bits per heavy atom. The molecule has 0 saturated carbocycles. The molecule has 0 unspecified atom stereocenters. The number of hydrogen-bond donors (Lipinski definition) is 5. The van der Waals surface area contributed by atoms with Crippen LogP contribution in [0.15, 0.2) is 72.8 Å². The van der Waals surface area contributed by atoms with Gasteiger partial charge >= 0.3 is 0 Å². The number of ether oxygens (including phenoxy) is 1. The molecule has 3 aromatic carbocycles. The lowest BCUT2D eigenvalue weighted by atomic mass is 10.0. The van der Waals surface area contributed by atoms with E-state index in [0.29, 0.717) is 12.5 Å². The zero-order valence-corrected chi connectivity index (χ0v) is 23.8. The van der Waals surface area contributed by atoms with Crippen LogP contribution < -0.4 is 21.4 Å². The van der Waals surface area contributed by atoms with Crippen molar-refractivity contribution in [1.82, 2.24) is 21.4 Å². The Labute approximate surface area is 251 Å². The molecule has 0 aliphatic heterocycles. The van der Waals surface area contributed by atoms with Crippen LogP contribution in [0.4, 0.5) is 13.2 Å². The minimum Gasteiger partial charge on any atom is -0.374 e.